The van der Waals surface area contributed by atoms with Gasteiger partial charge in [-0.05, 0) is 54.7 Å². The van der Waals surface area contributed by atoms with Crippen LogP contribution in [0.4, 0.5) is 0 Å². The third-order valence-corrected chi connectivity index (χ3v) is 3.13. The normalized spacial score (nSPS) is 10.2. The van der Waals surface area contributed by atoms with Crippen LogP contribution in [0, 0.1) is 0 Å². The molecule has 0 N–H and O–H groups in total. The molecule has 0 radical (unpaired) electrons. The maximum absolute atomic E-state index is 5.31. The Balaban J connectivity index is 1.93. The fourth-order valence-corrected chi connectivity index (χ4v) is 2.08. The van der Waals surface area contributed by atoms with E-state index in [4.69, 9.17) is 9.47 Å². The number of benzene rings is 1. The van der Waals surface area contributed by atoms with Gasteiger partial charge in [0, 0.05) is 12.4 Å². The summed E-state index contributed by atoms with van der Waals surface area (Å²) in [6, 6.07) is 10.2. The maximum Gasteiger partial charge on any atom is 0.160 e. The molecule has 0 spiro atoms. The van der Waals surface area contributed by atoms with E-state index in [2.05, 4.69) is 23.2 Å². The Bertz CT molecular complexity index is 511. The number of nitrogens with zero attached hydrogens (tertiary/aromatic N) is 1. The van der Waals surface area contributed by atoms with Crippen molar-refractivity contribution in [3.8, 4) is 11.5 Å². The van der Waals surface area contributed by atoms with Crippen molar-refractivity contribution in [1.29, 1.82) is 0 Å². The molecule has 0 atom stereocenters. The first-order chi connectivity index (χ1) is 9.33. The Morgan fingerprint density at radius 2 is 1.53 bits per heavy atom. The highest BCUT2D eigenvalue weighted by Gasteiger charge is 2.04. The molecular formula is C16H19NO2. The number of rotatable bonds is 6. The monoisotopic (exact) mass is 257 g/mol. The molecule has 0 aliphatic rings. The lowest BCUT2D eigenvalue weighted by Gasteiger charge is -2.09. The maximum atomic E-state index is 5.31. The molecule has 0 fully saturated rings. The molecule has 0 saturated heterocycles. The first kappa shape index (κ1) is 13.4. The van der Waals surface area contributed by atoms with Crippen LogP contribution in [0.1, 0.15) is 17.5 Å². The van der Waals surface area contributed by atoms with Gasteiger partial charge >= 0.3 is 0 Å². The number of aryl methyl sites for hydroxylation is 2. The van der Waals surface area contributed by atoms with Crippen LogP contribution >= 0.6 is 0 Å². The number of ether oxygens (including phenoxy) is 2. The van der Waals surface area contributed by atoms with Crippen molar-refractivity contribution in [3.63, 3.8) is 0 Å². The molecule has 1 aromatic heterocycles. The molecule has 0 amide bonds. The van der Waals surface area contributed by atoms with Crippen LogP contribution in [0.15, 0.2) is 42.7 Å². The standard InChI is InChI=1S/C16H19NO2/c1-18-15-7-6-14(12-16(15)19-2)5-3-4-13-8-10-17-11-9-13/h6-12H,3-5H2,1-2H3. The van der Waals surface area contributed by atoms with Gasteiger partial charge in [0.2, 0.25) is 0 Å². The zero-order valence-corrected chi connectivity index (χ0v) is 11.4. The molecule has 100 valence electrons. The molecule has 3 heteroatoms. The summed E-state index contributed by atoms with van der Waals surface area (Å²) >= 11 is 0. The van der Waals surface area contributed by atoms with Gasteiger partial charge in [-0.2, -0.15) is 0 Å². The van der Waals surface area contributed by atoms with Crippen molar-refractivity contribution < 1.29 is 9.47 Å². The summed E-state index contributed by atoms with van der Waals surface area (Å²) in [5.41, 5.74) is 2.60. The molecule has 2 aromatic rings. The summed E-state index contributed by atoms with van der Waals surface area (Å²) in [4.78, 5) is 4.02. The summed E-state index contributed by atoms with van der Waals surface area (Å²) in [6.45, 7) is 0. The number of pyridine rings is 1. The molecule has 3 nitrogen and oxygen atoms in total. The fourth-order valence-electron chi connectivity index (χ4n) is 2.08. The third kappa shape index (κ3) is 3.71. The van der Waals surface area contributed by atoms with E-state index in [1.54, 1.807) is 14.2 Å². The molecular weight excluding hydrogens is 238 g/mol. The zero-order chi connectivity index (χ0) is 13.5. The van der Waals surface area contributed by atoms with Crippen LogP contribution in [0.5, 0.6) is 11.5 Å². The highest BCUT2D eigenvalue weighted by Crippen LogP contribution is 2.28. The van der Waals surface area contributed by atoms with Crippen LogP contribution in [0.25, 0.3) is 0 Å². The van der Waals surface area contributed by atoms with Gasteiger partial charge in [-0.1, -0.05) is 6.07 Å². The first-order valence-corrected chi connectivity index (χ1v) is 6.43. The topological polar surface area (TPSA) is 31.4 Å². The SMILES string of the molecule is COc1ccc(CCCc2ccncc2)cc1OC. The number of hydrogen-bond donors (Lipinski definition) is 0. The van der Waals surface area contributed by atoms with E-state index in [-0.39, 0.29) is 0 Å². The van der Waals surface area contributed by atoms with E-state index >= 15 is 0 Å². The highest BCUT2D eigenvalue weighted by atomic mass is 16.5. The van der Waals surface area contributed by atoms with Crippen molar-refractivity contribution in [3.05, 3.63) is 53.9 Å². The summed E-state index contributed by atoms with van der Waals surface area (Å²) in [5, 5.41) is 0. The Morgan fingerprint density at radius 3 is 2.21 bits per heavy atom. The van der Waals surface area contributed by atoms with Gasteiger partial charge in [0.25, 0.3) is 0 Å². The molecule has 19 heavy (non-hydrogen) atoms. The van der Waals surface area contributed by atoms with Crippen LogP contribution in [-0.2, 0) is 12.8 Å². The molecule has 0 unspecified atom stereocenters. The number of aromatic nitrogens is 1. The summed E-state index contributed by atoms with van der Waals surface area (Å²) in [6.07, 6.45) is 6.89. The molecule has 0 saturated carbocycles. The van der Waals surface area contributed by atoms with Crippen LogP contribution in [0.2, 0.25) is 0 Å². The minimum atomic E-state index is 0.778. The second-order valence-electron chi connectivity index (χ2n) is 4.40. The molecule has 1 heterocycles. The molecule has 0 aliphatic carbocycles. The van der Waals surface area contributed by atoms with Gasteiger partial charge in [-0.15, -0.1) is 0 Å². The smallest absolute Gasteiger partial charge is 0.160 e. The third-order valence-electron chi connectivity index (χ3n) is 3.13. The van der Waals surface area contributed by atoms with E-state index < -0.39 is 0 Å². The Morgan fingerprint density at radius 1 is 0.842 bits per heavy atom. The average molecular weight is 257 g/mol. The van der Waals surface area contributed by atoms with Gasteiger partial charge in [0.1, 0.15) is 0 Å². The van der Waals surface area contributed by atoms with Gasteiger partial charge in [0.05, 0.1) is 14.2 Å². The Labute approximate surface area is 114 Å². The number of hydrogen-bond acceptors (Lipinski definition) is 3. The van der Waals surface area contributed by atoms with Gasteiger partial charge in [-0.25, -0.2) is 0 Å². The molecule has 1 aromatic carbocycles. The van der Waals surface area contributed by atoms with Gasteiger partial charge < -0.3 is 9.47 Å². The lowest BCUT2D eigenvalue weighted by Crippen LogP contribution is -1.94. The van der Waals surface area contributed by atoms with Gasteiger partial charge in [-0.3, -0.25) is 4.98 Å². The lowest BCUT2D eigenvalue weighted by atomic mass is 10.0. The summed E-state index contributed by atoms with van der Waals surface area (Å²) < 4.78 is 10.5. The largest absolute Gasteiger partial charge is 0.493 e. The van der Waals surface area contributed by atoms with Crippen molar-refractivity contribution >= 4 is 0 Å². The Kier molecular flexibility index (Phi) is 4.78. The van der Waals surface area contributed by atoms with Crippen molar-refractivity contribution in [1.82, 2.24) is 4.98 Å². The van der Waals surface area contributed by atoms with Crippen LogP contribution in [0.3, 0.4) is 0 Å². The number of methoxy groups -OCH3 is 2. The van der Waals surface area contributed by atoms with Crippen molar-refractivity contribution in [2.24, 2.45) is 0 Å². The second kappa shape index (κ2) is 6.78. The van der Waals surface area contributed by atoms with E-state index in [1.807, 2.05) is 24.5 Å². The van der Waals surface area contributed by atoms with E-state index in [0.29, 0.717) is 0 Å². The lowest BCUT2D eigenvalue weighted by molar-refractivity contribution is 0.354. The first-order valence-electron chi connectivity index (χ1n) is 6.43. The quantitative estimate of drug-likeness (QED) is 0.796. The van der Waals surface area contributed by atoms with Crippen LogP contribution in [-0.4, -0.2) is 19.2 Å². The molecule has 0 aliphatic heterocycles. The highest BCUT2D eigenvalue weighted by molar-refractivity contribution is 5.42. The van der Waals surface area contributed by atoms with Gasteiger partial charge in [0.15, 0.2) is 11.5 Å². The summed E-state index contributed by atoms with van der Waals surface area (Å²) in [5.74, 6) is 1.57. The fraction of sp³-hybridized carbons (Fsp3) is 0.312. The van der Waals surface area contributed by atoms with Crippen molar-refractivity contribution in [2.75, 3.05) is 14.2 Å². The minimum absolute atomic E-state index is 0.778. The predicted molar refractivity (Wildman–Crippen MR) is 75.8 cm³/mol. The predicted octanol–water partition coefficient (Wildman–Crippen LogP) is 3.27. The summed E-state index contributed by atoms with van der Waals surface area (Å²) in [7, 11) is 3.32. The molecule has 2 rings (SSSR count). The second-order valence-corrected chi connectivity index (χ2v) is 4.40. The average Bonchev–Trinajstić information content (AvgIpc) is 2.48. The zero-order valence-electron chi connectivity index (χ0n) is 11.4. The van der Waals surface area contributed by atoms with E-state index in [0.717, 1.165) is 30.8 Å². The van der Waals surface area contributed by atoms with E-state index in [1.165, 1.54) is 11.1 Å². The van der Waals surface area contributed by atoms with Crippen LogP contribution < -0.4 is 9.47 Å². The minimum Gasteiger partial charge on any atom is -0.493 e. The molecule has 0 bridgehead atoms. The van der Waals surface area contributed by atoms with E-state index in [9.17, 15) is 0 Å². The van der Waals surface area contributed by atoms with Crippen molar-refractivity contribution in [2.45, 2.75) is 19.3 Å². The Hall–Kier alpha value is -2.03.